The van der Waals surface area contributed by atoms with Crippen molar-refractivity contribution in [2.75, 3.05) is 26.2 Å². The quantitative estimate of drug-likeness (QED) is 0.904. The van der Waals surface area contributed by atoms with Crippen LogP contribution in [-0.2, 0) is 6.54 Å². The standard InChI is InChI=1S/C16H23F2N3O/c1-2-14-10-21(8-7-20(14)11-15(17)18)16(22)13-5-3-12(9-19)4-6-13/h3-6,14-15H,2,7-11,19H2,1H3. The van der Waals surface area contributed by atoms with Crippen molar-refractivity contribution in [2.24, 2.45) is 5.73 Å². The molecule has 4 nitrogen and oxygen atoms in total. The maximum Gasteiger partial charge on any atom is 0.253 e. The van der Waals surface area contributed by atoms with Crippen LogP contribution in [0.3, 0.4) is 0 Å². The molecule has 6 heteroatoms. The number of alkyl halides is 2. The highest BCUT2D eigenvalue weighted by atomic mass is 19.3. The Hall–Kier alpha value is -1.53. The van der Waals surface area contributed by atoms with Gasteiger partial charge in [0.05, 0.1) is 6.54 Å². The lowest BCUT2D eigenvalue weighted by Crippen LogP contribution is -2.55. The van der Waals surface area contributed by atoms with Gasteiger partial charge >= 0.3 is 0 Å². The Morgan fingerprint density at radius 2 is 2.00 bits per heavy atom. The Balaban J connectivity index is 2.02. The number of carbonyl (C=O) groups is 1. The molecule has 1 fully saturated rings. The van der Waals surface area contributed by atoms with Crippen LogP contribution in [0, 0.1) is 0 Å². The van der Waals surface area contributed by atoms with E-state index in [1.807, 2.05) is 19.1 Å². The number of rotatable bonds is 5. The van der Waals surface area contributed by atoms with E-state index in [2.05, 4.69) is 0 Å². The molecule has 0 aromatic heterocycles. The van der Waals surface area contributed by atoms with Gasteiger partial charge in [-0.1, -0.05) is 19.1 Å². The topological polar surface area (TPSA) is 49.6 Å². The van der Waals surface area contributed by atoms with E-state index in [0.29, 0.717) is 31.7 Å². The second-order valence-corrected chi connectivity index (χ2v) is 5.60. The molecule has 0 spiro atoms. The zero-order valence-corrected chi connectivity index (χ0v) is 12.8. The van der Waals surface area contributed by atoms with Crippen molar-refractivity contribution in [2.45, 2.75) is 32.4 Å². The first kappa shape index (κ1) is 16.8. The largest absolute Gasteiger partial charge is 0.336 e. The minimum atomic E-state index is -2.33. The normalized spacial score (nSPS) is 19.7. The van der Waals surface area contributed by atoms with Crippen LogP contribution in [-0.4, -0.2) is 54.4 Å². The zero-order chi connectivity index (χ0) is 16.1. The molecule has 1 aromatic carbocycles. The van der Waals surface area contributed by atoms with Gasteiger partial charge in [-0.05, 0) is 24.1 Å². The Morgan fingerprint density at radius 3 is 2.55 bits per heavy atom. The lowest BCUT2D eigenvalue weighted by molar-refractivity contribution is 0.0186. The van der Waals surface area contributed by atoms with Gasteiger partial charge in [0.2, 0.25) is 0 Å². The van der Waals surface area contributed by atoms with Crippen molar-refractivity contribution < 1.29 is 13.6 Å². The van der Waals surface area contributed by atoms with Crippen LogP contribution in [0.4, 0.5) is 8.78 Å². The summed E-state index contributed by atoms with van der Waals surface area (Å²) in [5.41, 5.74) is 7.14. The summed E-state index contributed by atoms with van der Waals surface area (Å²) >= 11 is 0. The molecule has 1 aromatic rings. The van der Waals surface area contributed by atoms with E-state index in [9.17, 15) is 13.6 Å². The Labute approximate surface area is 129 Å². The molecule has 1 saturated heterocycles. The van der Waals surface area contributed by atoms with Crippen molar-refractivity contribution in [3.63, 3.8) is 0 Å². The number of hydrogen-bond donors (Lipinski definition) is 1. The SMILES string of the molecule is CCC1CN(C(=O)c2ccc(CN)cc2)CCN1CC(F)F. The third-order valence-electron chi connectivity index (χ3n) is 4.17. The van der Waals surface area contributed by atoms with E-state index in [0.717, 1.165) is 12.0 Å². The second-order valence-electron chi connectivity index (χ2n) is 5.60. The molecule has 0 saturated carbocycles. The fraction of sp³-hybridized carbons (Fsp3) is 0.562. The molecule has 1 amide bonds. The van der Waals surface area contributed by atoms with Crippen LogP contribution < -0.4 is 5.73 Å². The predicted molar refractivity (Wildman–Crippen MR) is 81.9 cm³/mol. The number of benzene rings is 1. The monoisotopic (exact) mass is 311 g/mol. The molecule has 122 valence electrons. The number of carbonyl (C=O) groups excluding carboxylic acids is 1. The number of amides is 1. The molecule has 2 N–H and O–H groups in total. The van der Waals surface area contributed by atoms with Crippen LogP contribution in [0.2, 0.25) is 0 Å². The van der Waals surface area contributed by atoms with Gasteiger partial charge in [0.1, 0.15) is 0 Å². The summed E-state index contributed by atoms with van der Waals surface area (Å²) in [7, 11) is 0. The number of nitrogens with zero attached hydrogens (tertiary/aromatic N) is 2. The molecule has 22 heavy (non-hydrogen) atoms. The average Bonchev–Trinajstić information content (AvgIpc) is 2.54. The molecular weight excluding hydrogens is 288 g/mol. The van der Waals surface area contributed by atoms with Crippen LogP contribution in [0.25, 0.3) is 0 Å². The van der Waals surface area contributed by atoms with Crippen LogP contribution in [0.5, 0.6) is 0 Å². The molecule has 0 radical (unpaired) electrons. The Morgan fingerprint density at radius 1 is 1.32 bits per heavy atom. The highest BCUT2D eigenvalue weighted by molar-refractivity contribution is 5.94. The molecule has 1 heterocycles. The maximum atomic E-state index is 12.6. The van der Waals surface area contributed by atoms with Crippen molar-refractivity contribution in [1.29, 1.82) is 0 Å². The summed E-state index contributed by atoms with van der Waals surface area (Å²) < 4.78 is 25.2. The summed E-state index contributed by atoms with van der Waals surface area (Å²) in [6.07, 6.45) is -1.58. The summed E-state index contributed by atoms with van der Waals surface area (Å²) in [4.78, 5) is 16.1. The minimum absolute atomic E-state index is 0.00462. The fourth-order valence-electron chi connectivity index (χ4n) is 2.85. The van der Waals surface area contributed by atoms with Gasteiger partial charge in [-0.3, -0.25) is 9.69 Å². The molecule has 0 aliphatic carbocycles. The Bertz CT molecular complexity index is 493. The van der Waals surface area contributed by atoms with Crippen molar-refractivity contribution in [1.82, 2.24) is 9.80 Å². The van der Waals surface area contributed by atoms with E-state index in [1.165, 1.54) is 0 Å². The molecule has 0 bridgehead atoms. The summed E-state index contributed by atoms with van der Waals surface area (Å²) in [5.74, 6) is -0.0429. The molecular formula is C16H23F2N3O. The lowest BCUT2D eigenvalue weighted by Gasteiger charge is -2.41. The summed E-state index contributed by atoms with van der Waals surface area (Å²) in [6.45, 7) is 3.68. The van der Waals surface area contributed by atoms with E-state index in [1.54, 1.807) is 21.9 Å². The van der Waals surface area contributed by atoms with E-state index >= 15 is 0 Å². The van der Waals surface area contributed by atoms with E-state index in [4.69, 9.17) is 5.73 Å². The number of nitrogens with two attached hydrogens (primary N) is 1. The molecule has 1 unspecified atom stereocenters. The zero-order valence-electron chi connectivity index (χ0n) is 12.8. The van der Waals surface area contributed by atoms with Gasteiger partial charge in [-0.15, -0.1) is 0 Å². The van der Waals surface area contributed by atoms with Crippen LogP contribution in [0.1, 0.15) is 29.3 Å². The second kappa shape index (κ2) is 7.65. The first-order chi connectivity index (χ1) is 10.5. The van der Waals surface area contributed by atoms with Gasteiger partial charge in [-0.25, -0.2) is 8.78 Å². The maximum absolute atomic E-state index is 12.6. The lowest BCUT2D eigenvalue weighted by atomic mass is 10.1. The highest BCUT2D eigenvalue weighted by Gasteiger charge is 2.30. The van der Waals surface area contributed by atoms with E-state index in [-0.39, 0.29) is 18.5 Å². The molecule has 1 aliphatic rings. The van der Waals surface area contributed by atoms with Crippen molar-refractivity contribution >= 4 is 5.91 Å². The number of hydrogen-bond acceptors (Lipinski definition) is 3. The van der Waals surface area contributed by atoms with Crippen molar-refractivity contribution in [3.05, 3.63) is 35.4 Å². The van der Waals surface area contributed by atoms with E-state index < -0.39 is 6.43 Å². The van der Waals surface area contributed by atoms with Crippen LogP contribution in [0.15, 0.2) is 24.3 Å². The summed E-state index contributed by atoms with van der Waals surface area (Å²) in [5, 5.41) is 0. The third kappa shape index (κ3) is 4.01. The van der Waals surface area contributed by atoms with Gasteiger partial charge in [0, 0.05) is 37.8 Å². The smallest absolute Gasteiger partial charge is 0.253 e. The predicted octanol–water partition coefficient (Wildman–Crippen LogP) is 1.95. The van der Waals surface area contributed by atoms with Gasteiger partial charge in [0.15, 0.2) is 0 Å². The van der Waals surface area contributed by atoms with Crippen LogP contribution >= 0.6 is 0 Å². The first-order valence-electron chi connectivity index (χ1n) is 7.65. The van der Waals surface area contributed by atoms with Crippen molar-refractivity contribution in [3.8, 4) is 0 Å². The fourth-order valence-corrected chi connectivity index (χ4v) is 2.85. The molecule has 1 atom stereocenters. The van der Waals surface area contributed by atoms with Gasteiger partial charge < -0.3 is 10.6 Å². The summed E-state index contributed by atoms with van der Waals surface area (Å²) in [6, 6.07) is 7.23. The number of halogens is 2. The highest BCUT2D eigenvalue weighted by Crippen LogP contribution is 2.17. The Kier molecular flexibility index (Phi) is 5.85. The molecule has 1 aliphatic heterocycles. The first-order valence-corrected chi connectivity index (χ1v) is 7.65. The van der Waals surface area contributed by atoms with Gasteiger partial charge in [0.25, 0.3) is 12.3 Å². The average molecular weight is 311 g/mol. The van der Waals surface area contributed by atoms with Gasteiger partial charge in [-0.2, -0.15) is 0 Å². The number of piperazine rings is 1. The minimum Gasteiger partial charge on any atom is -0.336 e. The third-order valence-corrected chi connectivity index (χ3v) is 4.17. The molecule has 2 rings (SSSR count).